The van der Waals surface area contributed by atoms with Gasteiger partial charge in [-0.2, -0.15) is 0 Å². The summed E-state index contributed by atoms with van der Waals surface area (Å²) in [6, 6.07) is 11.7. The van der Waals surface area contributed by atoms with Crippen LogP contribution in [0.1, 0.15) is 25.0 Å². The molecule has 0 spiro atoms. The second kappa shape index (κ2) is 8.43. The van der Waals surface area contributed by atoms with Gasteiger partial charge in [0.1, 0.15) is 11.4 Å². The van der Waals surface area contributed by atoms with Crippen molar-refractivity contribution in [1.29, 1.82) is 0 Å². The quantitative estimate of drug-likeness (QED) is 0.527. The Hall–Kier alpha value is -2.87. The minimum Gasteiger partial charge on any atom is -0.483 e. The van der Waals surface area contributed by atoms with Gasteiger partial charge in [0, 0.05) is 18.5 Å². The van der Waals surface area contributed by atoms with Gasteiger partial charge in [0.15, 0.2) is 23.2 Å². The number of para-hydroxylation sites is 1. The van der Waals surface area contributed by atoms with Crippen molar-refractivity contribution in [3.8, 4) is 11.5 Å². The van der Waals surface area contributed by atoms with E-state index in [1.807, 2.05) is 26.0 Å². The first kappa shape index (κ1) is 19.9. The molecule has 2 aromatic carbocycles. The van der Waals surface area contributed by atoms with Gasteiger partial charge < -0.3 is 14.8 Å². The predicted octanol–water partition coefficient (Wildman–Crippen LogP) is 2.61. The van der Waals surface area contributed by atoms with E-state index in [1.165, 1.54) is 12.1 Å². The van der Waals surface area contributed by atoms with Gasteiger partial charge in [0.25, 0.3) is 5.91 Å². The highest BCUT2D eigenvalue weighted by atomic mass is 32.1. The van der Waals surface area contributed by atoms with Crippen molar-refractivity contribution in [2.45, 2.75) is 32.4 Å². The van der Waals surface area contributed by atoms with E-state index in [1.54, 1.807) is 18.2 Å². The minimum atomic E-state index is -0.388. The normalized spacial score (nSPS) is 13.8. The largest absolute Gasteiger partial charge is 0.483 e. The number of benzene rings is 2. The Bertz CT molecular complexity index is 871. The summed E-state index contributed by atoms with van der Waals surface area (Å²) in [6.45, 7) is 4.23. The minimum absolute atomic E-state index is 0.187. The smallest absolute Gasteiger partial charge is 0.276 e. The summed E-state index contributed by atoms with van der Waals surface area (Å²) in [7, 11) is 0. The number of fused-ring (bicyclic) bond motifs is 1. The molecule has 0 bridgehead atoms. The summed E-state index contributed by atoms with van der Waals surface area (Å²) >= 11 is 5.09. The zero-order valence-electron chi connectivity index (χ0n) is 15.7. The molecule has 2 aromatic rings. The fraction of sp³-hybridized carbons (Fsp3) is 0.300. The lowest BCUT2D eigenvalue weighted by Crippen LogP contribution is -2.48. The number of halogens is 1. The fourth-order valence-electron chi connectivity index (χ4n) is 2.84. The maximum absolute atomic E-state index is 12.9. The Morgan fingerprint density at radius 1 is 1.21 bits per heavy atom. The van der Waals surface area contributed by atoms with E-state index in [-0.39, 0.29) is 29.0 Å². The Morgan fingerprint density at radius 3 is 2.71 bits per heavy atom. The third-order valence-electron chi connectivity index (χ3n) is 4.10. The second-order valence-electron chi connectivity index (χ2n) is 7.05. The molecule has 3 N–H and O–H groups in total. The van der Waals surface area contributed by atoms with Gasteiger partial charge in [-0.05, 0) is 49.8 Å². The molecule has 0 aliphatic carbocycles. The van der Waals surface area contributed by atoms with E-state index in [4.69, 9.17) is 21.7 Å². The maximum atomic E-state index is 12.9. The Kier molecular flexibility index (Phi) is 5.99. The average Bonchev–Trinajstić information content (AvgIpc) is 2.98. The van der Waals surface area contributed by atoms with Crippen molar-refractivity contribution in [2.24, 2.45) is 0 Å². The van der Waals surface area contributed by atoms with Crippen LogP contribution in [0.2, 0.25) is 0 Å². The van der Waals surface area contributed by atoms with Crippen molar-refractivity contribution in [1.82, 2.24) is 16.2 Å². The SMILES string of the molecule is CC1(C)Cc2cccc(OCC(=O)NNC(=S)NCc3ccc(F)cc3)c2O1. The number of nitrogens with one attached hydrogen (secondary N) is 3. The van der Waals surface area contributed by atoms with Crippen LogP contribution in [-0.2, 0) is 17.8 Å². The molecule has 6 nitrogen and oxygen atoms in total. The van der Waals surface area contributed by atoms with Gasteiger partial charge in [0.2, 0.25) is 0 Å². The molecule has 28 heavy (non-hydrogen) atoms. The third kappa shape index (κ3) is 5.32. The van der Waals surface area contributed by atoms with Crippen molar-refractivity contribution in [3.05, 3.63) is 59.4 Å². The number of rotatable bonds is 5. The zero-order chi connectivity index (χ0) is 20.1. The van der Waals surface area contributed by atoms with E-state index in [0.717, 1.165) is 17.5 Å². The standard InChI is InChI=1S/C20H22FN3O3S/c1-20(2)10-14-4-3-5-16(18(14)27-20)26-12-17(25)23-24-19(28)22-11-13-6-8-15(21)9-7-13/h3-9H,10-12H2,1-2H3,(H,23,25)(H2,22,24,28). The topological polar surface area (TPSA) is 71.6 Å². The maximum Gasteiger partial charge on any atom is 0.276 e. The first-order valence-electron chi connectivity index (χ1n) is 8.83. The van der Waals surface area contributed by atoms with Gasteiger partial charge in [-0.15, -0.1) is 0 Å². The number of amides is 1. The monoisotopic (exact) mass is 403 g/mol. The molecule has 8 heteroatoms. The van der Waals surface area contributed by atoms with Crippen LogP contribution in [0.3, 0.4) is 0 Å². The molecule has 3 rings (SSSR count). The van der Waals surface area contributed by atoms with Gasteiger partial charge in [-0.1, -0.05) is 24.3 Å². The van der Waals surface area contributed by atoms with Gasteiger partial charge in [-0.3, -0.25) is 15.6 Å². The summed E-state index contributed by atoms with van der Waals surface area (Å²) < 4.78 is 24.4. The van der Waals surface area contributed by atoms with Crippen molar-refractivity contribution in [2.75, 3.05) is 6.61 Å². The molecule has 0 saturated heterocycles. The number of thiocarbonyl (C=S) groups is 1. The summed E-state index contributed by atoms with van der Waals surface area (Å²) in [4.78, 5) is 12.0. The molecule has 0 fully saturated rings. The van der Waals surface area contributed by atoms with Crippen LogP contribution in [0.15, 0.2) is 42.5 Å². The van der Waals surface area contributed by atoms with E-state index in [9.17, 15) is 9.18 Å². The van der Waals surface area contributed by atoms with Crippen LogP contribution >= 0.6 is 12.2 Å². The van der Waals surface area contributed by atoms with Crippen molar-refractivity contribution in [3.63, 3.8) is 0 Å². The van der Waals surface area contributed by atoms with Crippen LogP contribution in [-0.4, -0.2) is 23.2 Å². The number of hydrazine groups is 1. The summed E-state index contributed by atoms with van der Waals surface area (Å²) in [5, 5.41) is 3.15. The Morgan fingerprint density at radius 2 is 1.96 bits per heavy atom. The molecule has 1 amide bonds. The highest BCUT2D eigenvalue weighted by Gasteiger charge is 2.32. The molecule has 0 unspecified atom stereocenters. The molecule has 0 radical (unpaired) electrons. The Labute approximate surface area is 168 Å². The third-order valence-corrected chi connectivity index (χ3v) is 4.34. The lowest BCUT2D eigenvalue weighted by atomic mass is 10.0. The van der Waals surface area contributed by atoms with Crippen LogP contribution < -0.4 is 25.6 Å². The van der Waals surface area contributed by atoms with Gasteiger partial charge >= 0.3 is 0 Å². The van der Waals surface area contributed by atoms with Crippen molar-refractivity contribution < 1.29 is 18.7 Å². The molecule has 0 atom stereocenters. The summed E-state index contributed by atoms with van der Waals surface area (Å²) in [6.07, 6.45) is 0.793. The zero-order valence-corrected chi connectivity index (χ0v) is 16.5. The van der Waals surface area contributed by atoms with Gasteiger partial charge in [0.05, 0.1) is 0 Å². The van der Waals surface area contributed by atoms with Crippen LogP contribution in [0.5, 0.6) is 11.5 Å². The highest BCUT2D eigenvalue weighted by molar-refractivity contribution is 7.80. The molecular formula is C20H22FN3O3S. The Balaban J connectivity index is 1.41. The average molecular weight is 403 g/mol. The lowest BCUT2D eigenvalue weighted by Gasteiger charge is -2.18. The van der Waals surface area contributed by atoms with Gasteiger partial charge in [-0.25, -0.2) is 4.39 Å². The molecule has 0 aromatic heterocycles. The summed E-state index contributed by atoms with van der Waals surface area (Å²) in [5.41, 5.74) is 6.71. The number of hydrogen-bond donors (Lipinski definition) is 3. The molecular weight excluding hydrogens is 381 g/mol. The lowest BCUT2D eigenvalue weighted by molar-refractivity contribution is -0.123. The van der Waals surface area contributed by atoms with Crippen molar-refractivity contribution >= 4 is 23.2 Å². The summed E-state index contributed by atoms with van der Waals surface area (Å²) in [5.74, 6) is 0.538. The second-order valence-corrected chi connectivity index (χ2v) is 7.46. The van der Waals surface area contributed by atoms with E-state index in [0.29, 0.717) is 18.0 Å². The van der Waals surface area contributed by atoms with E-state index >= 15 is 0 Å². The number of carbonyl (C=O) groups excluding carboxylic acids is 1. The highest BCUT2D eigenvalue weighted by Crippen LogP contribution is 2.41. The number of hydrogen-bond acceptors (Lipinski definition) is 4. The molecule has 1 aliphatic rings. The predicted molar refractivity (Wildman–Crippen MR) is 107 cm³/mol. The first-order chi connectivity index (χ1) is 13.3. The molecule has 1 aliphatic heterocycles. The van der Waals surface area contributed by atoms with E-state index in [2.05, 4.69) is 16.2 Å². The van der Waals surface area contributed by atoms with Crippen LogP contribution in [0, 0.1) is 5.82 Å². The molecule has 0 saturated carbocycles. The van der Waals surface area contributed by atoms with E-state index < -0.39 is 0 Å². The number of ether oxygens (including phenoxy) is 2. The fourth-order valence-corrected chi connectivity index (χ4v) is 2.96. The first-order valence-corrected chi connectivity index (χ1v) is 9.24. The van der Waals surface area contributed by atoms with Crippen LogP contribution in [0.25, 0.3) is 0 Å². The number of carbonyl (C=O) groups is 1. The molecule has 1 heterocycles. The van der Waals surface area contributed by atoms with Crippen LogP contribution in [0.4, 0.5) is 4.39 Å². The molecule has 148 valence electrons.